The fourth-order valence-electron chi connectivity index (χ4n) is 6.19. The molecule has 8 nitrogen and oxygen atoms in total. The second-order valence-corrected chi connectivity index (χ2v) is 9.06. The van der Waals surface area contributed by atoms with Crippen LogP contribution in [0.5, 0.6) is 0 Å². The molecule has 0 spiro atoms. The van der Waals surface area contributed by atoms with E-state index in [1.165, 1.54) is 26.4 Å². The molecule has 4 fully saturated rings. The highest BCUT2D eigenvalue weighted by molar-refractivity contribution is 5.96. The average Bonchev–Trinajstić information content (AvgIpc) is 2.69. The molecular weight excluding hydrogens is 378 g/mol. The minimum atomic E-state index is -1.34. The molecule has 1 N–H and O–H groups in total. The predicted molar refractivity (Wildman–Crippen MR) is 101 cm³/mol. The number of nitrogens with one attached hydrogen (secondary N) is 1. The van der Waals surface area contributed by atoms with E-state index in [1.54, 1.807) is 6.92 Å². The molecule has 2 atom stereocenters. The summed E-state index contributed by atoms with van der Waals surface area (Å²) >= 11 is 0. The Balaban J connectivity index is 1.82. The summed E-state index contributed by atoms with van der Waals surface area (Å²) in [6.45, 7) is 1.54. The number of esters is 3. The molecule has 0 radical (unpaired) electrons. The Hall–Kier alpha value is -2.12. The molecule has 0 aromatic rings. The summed E-state index contributed by atoms with van der Waals surface area (Å²) in [6.07, 6.45) is 6.09. The van der Waals surface area contributed by atoms with Crippen molar-refractivity contribution in [2.75, 3.05) is 21.3 Å². The average molecular weight is 409 g/mol. The Morgan fingerprint density at radius 2 is 1.21 bits per heavy atom. The van der Waals surface area contributed by atoms with Crippen molar-refractivity contribution >= 4 is 23.8 Å². The Bertz CT molecular complexity index is 637. The first kappa shape index (κ1) is 21.6. The smallest absolute Gasteiger partial charge is 0.328 e. The van der Waals surface area contributed by atoms with Crippen molar-refractivity contribution in [1.82, 2.24) is 5.32 Å². The summed E-state index contributed by atoms with van der Waals surface area (Å²) in [5.41, 5.74) is -0.466. The van der Waals surface area contributed by atoms with E-state index in [0.717, 1.165) is 33.5 Å². The van der Waals surface area contributed by atoms with Crippen LogP contribution in [0.2, 0.25) is 0 Å². The molecule has 4 aliphatic rings. The van der Waals surface area contributed by atoms with Gasteiger partial charge in [0.05, 0.1) is 21.3 Å². The number of carbonyl (C=O) groups is 4. The molecule has 0 unspecified atom stereocenters. The highest BCUT2D eigenvalue weighted by Crippen LogP contribution is 2.60. The molecule has 29 heavy (non-hydrogen) atoms. The zero-order valence-electron chi connectivity index (χ0n) is 17.6. The minimum absolute atomic E-state index is 0.174. The van der Waals surface area contributed by atoms with Crippen LogP contribution in [0.3, 0.4) is 0 Å². The van der Waals surface area contributed by atoms with Crippen molar-refractivity contribution in [1.29, 1.82) is 0 Å². The van der Waals surface area contributed by atoms with Crippen molar-refractivity contribution in [2.24, 2.45) is 35.0 Å². The maximum Gasteiger partial charge on any atom is 0.328 e. The zero-order chi connectivity index (χ0) is 21.3. The van der Waals surface area contributed by atoms with Gasteiger partial charge in [0, 0.05) is 11.3 Å². The van der Waals surface area contributed by atoms with Crippen LogP contribution in [0.25, 0.3) is 0 Å². The molecule has 1 amide bonds. The Morgan fingerprint density at radius 3 is 1.59 bits per heavy atom. The van der Waals surface area contributed by atoms with Crippen molar-refractivity contribution in [3.8, 4) is 0 Å². The standard InChI is InChI=1S/C21H31NO7/c1-11(15(17(23)27-2)18(24)28-3)16(19(25)29-4)22-20(26)21-8-12-5-13(9-21)7-14(6-12)10-21/h11-16H,5-10H2,1-4H3,(H,22,26)/t11-,12?,13?,14?,16-,21?/m0/s1. The van der Waals surface area contributed by atoms with Gasteiger partial charge >= 0.3 is 17.9 Å². The molecule has 8 heteroatoms. The van der Waals surface area contributed by atoms with Gasteiger partial charge in [-0.1, -0.05) is 6.92 Å². The van der Waals surface area contributed by atoms with Gasteiger partial charge in [0.1, 0.15) is 6.04 Å². The van der Waals surface area contributed by atoms with Gasteiger partial charge in [0.2, 0.25) is 5.91 Å². The van der Waals surface area contributed by atoms with Gasteiger partial charge in [-0.25, -0.2) is 4.79 Å². The quantitative estimate of drug-likeness (QED) is 0.385. The number of hydrogen-bond acceptors (Lipinski definition) is 7. The van der Waals surface area contributed by atoms with E-state index >= 15 is 0 Å². The number of methoxy groups -OCH3 is 3. The van der Waals surface area contributed by atoms with Gasteiger partial charge in [0.15, 0.2) is 5.92 Å². The highest BCUT2D eigenvalue weighted by atomic mass is 16.5. The summed E-state index contributed by atoms with van der Waals surface area (Å²) in [5.74, 6) is -3.03. The van der Waals surface area contributed by atoms with Crippen LogP contribution < -0.4 is 5.32 Å². The minimum Gasteiger partial charge on any atom is -0.468 e. The molecule has 0 aromatic carbocycles. The van der Waals surface area contributed by atoms with Gasteiger partial charge in [0.25, 0.3) is 0 Å². The van der Waals surface area contributed by atoms with Crippen LogP contribution in [-0.4, -0.2) is 51.2 Å². The molecule has 4 saturated carbocycles. The van der Waals surface area contributed by atoms with Crippen molar-refractivity contribution in [3.63, 3.8) is 0 Å². The normalized spacial score (nSPS) is 31.7. The van der Waals surface area contributed by atoms with E-state index in [-0.39, 0.29) is 5.91 Å². The lowest BCUT2D eigenvalue weighted by Gasteiger charge is -2.55. The molecule has 0 aliphatic heterocycles. The number of amides is 1. The largest absolute Gasteiger partial charge is 0.468 e. The molecule has 0 saturated heterocycles. The first-order chi connectivity index (χ1) is 13.7. The first-order valence-electron chi connectivity index (χ1n) is 10.3. The molecular formula is C21H31NO7. The van der Waals surface area contributed by atoms with Gasteiger partial charge in [-0.05, 0) is 56.3 Å². The molecule has 4 aliphatic carbocycles. The Labute approximate surface area is 171 Å². The van der Waals surface area contributed by atoms with Gasteiger partial charge in [-0.3, -0.25) is 14.4 Å². The summed E-state index contributed by atoms with van der Waals surface area (Å²) < 4.78 is 14.3. The number of carbonyl (C=O) groups excluding carboxylic acids is 4. The predicted octanol–water partition coefficient (Wildman–Crippen LogP) is 1.46. The van der Waals surface area contributed by atoms with Crippen molar-refractivity contribution < 1.29 is 33.4 Å². The van der Waals surface area contributed by atoms with Crippen molar-refractivity contribution in [3.05, 3.63) is 0 Å². The van der Waals surface area contributed by atoms with E-state index < -0.39 is 41.2 Å². The van der Waals surface area contributed by atoms with E-state index in [9.17, 15) is 19.2 Å². The van der Waals surface area contributed by atoms with E-state index in [0.29, 0.717) is 17.8 Å². The van der Waals surface area contributed by atoms with Crippen LogP contribution >= 0.6 is 0 Å². The molecule has 0 heterocycles. The molecule has 4 rings (SSSR count). The fraction of sp³-hybridized carbons (Fsp3) is 0.810. The Morgan fingerprint density at radius 1 is 0.793 bits per heavy atom. The van der Waals surface area contributed by atoms with Crippen LogP contribution in [0.1, 0.15) is 45.4 Å². The third-order valence-corrected chi connectivity index (χ3v) is 7.22. The lowest BCUT2D eigenvalue weighted by Crippen LogP contribution is -2.58. The zero-order valence-corrected chi connectivity index (χ0v) is 17.6. The monoisotopic (exact) mass is 409 g/mol. The molecule has 4 bridgehead atoms. The highest BCUT2D eigenvalue weighted by Gasteiger charge is 2.55. The number of hydrogen-bond donors (Lipinski definition) is 1. The lowest BCUT2D eigenvalue weighted by atomic mass is 9.49. The topological polar surface area (TPSA) is 108 Å². The van der Waals surface area contributed by atoms with Crippen molar-refractivity contribution in [2.45, 2.75) is 51.5 Å². The molecule has 162 valence electrons. The summed E-state index contributed by atoms with van der Waals surface area (Å²) in [6, 6.07) is -1.15. The third kappa shape index (κ3) is 3.98. The van der Waals surface area contributed by atoms with E-state index in [2.05, 4.69) is 5.32 Å². The second kappa shape index (κ2) is 8.32. The van der Waals surface area contributed by atoms with Crippen LogP contribution in [0.4, 0.5) is 0 Å². The molecule has 0 aromatic heterocycles. The van der Waals surface area contributed by atoms with E-state index in [1.807, 2.05) is 0 Å². The van der Waals surface area contributed by atoms with Gasteiger partial charge < -0.3 is 19.5 Å². The Kier molecular flexibility index (Phi) is 6.19. The summed E-state index contributed by atoms with van der Waals surface area (Å²) in [4.78, 5) is 50.3. The maximum absolute atomic E-state index is 13.4. The second-order valence-electron chi connectivity index (χ2n) is 9.06. The van der Waals surface area contributed by atoms with Crippen LogP contribution in [-0.2, 0) is 33.4 Å². The van der Waals surface area contributed by atoms with Gasteiger partial charge in [-0.2, -0.15) is 0 Å². The maximum atomic E-state index is 13.4. The summed E-state index contributed by atoms with van der Waals surface area (Å²) in [7, 11) is 3.53. The first-order valence-corrected chi connectivity index (χ1v) is 10.3. The number of ether oxygens (including phenoxy) is 3. The fourth-order valence-corrected chi connectivity index (χ4v) is 6.19. The van der Waals surface area contributed by atoms with Gasteiger partial charge in [-0.15, -0.1) is 0 Å². The van der Waals surface area contributed by atoms with E-state index in [4.69, 9.17) is 14.2 Å². The summed E-state index contributed by atoms with van der Waals surface area (Å²) in [5, 5.41) is 2.83. The third-order valence-electron chi connectivity index (χ3n) is 7.22. The number of rotatable bonds is 7. The SMILES string of the molecule is COC(=O)C(C(=O)OC)[C@H](C)[C@H](NC(=O)C12CC3CC(CC(C3)C1)C2)C(=O)OC. The van der Waals surface area contributed by atoms with Crippen LogP contribution in [0, 0.1) is 35.0 Å². The lowest BCUT2D eigenvalue weighted by molar-refractivity contribution is -0.165. The van der Waals surface area contributed by atoms with Crippen LogP contribution in [0.15, 0.2) is 0 Å².